The molecule has 0 rings (SSSR count). The Morgan fingerprint density at radius 2 is 1.82 bits per heavy atom. The third-order valence-corrected chi connectivity index (χ3v) is 1.92. The molecule has 0 aromatic heterocycles. The highest BCUT2D eigenvalue weighted by Crippen LogP contribution is 2.04. The highest BCUT2D eigenvalue weighted by Gasteiger charge is 2.09. The van der Waals surface area contributed by atoms with Crippen molar-refractivity contribution in [3.8, 4) is 0 Å². The van der Waals surface area contributed by atoms with Crippen molar-refractivity contribution in [2.45, 2.75) is 46.3 Å². The average Bonchev–Trinajstić information content (AvgIpc) is 1.87. The molecule has 2 atom stereocenters. The minimum Gasteiger partial charge on any atom is -0.392 e. The molecule has 2 N–H and O–H groups in total. The topological polar surface area (TPSA) is 32.3 Å². The molecule has 2 nitrogen and oxygen atoms in total. The molecule has 0 aliphatic rings. The predicted octanol–water partition coefficient (Wildman–Crippen LogP) is 1.39. The largest absolute Gasteiger partial charge is 0.392 e. The summed E-state index contributed by atoms with van der Waals surface area (Å²) < 4.78 is 0. The van der Waals surface area contributed by atoms with Gasteiger partial charge in [-0.25, -0.2) is 0 Å². The summed E-state index contributed by atoms with van der Waals surface area (Å²) in [7, 11) is 0. The van der Waals surface area contributed by atoms with Crippen LogP contribution in [0.25, 0.3) is 0 Å². The first kappa shape index (κ1) is 10.9. The molecule has 0 aromatic rings. The van der Waals surface area contributed by atoms with Gasteiger partial charge in [0.25, 0.3) is 0 Å². The smallest absolute Gasteiger partial charge is 0.0636 e. The van der Waals surface area contributed by atoms with E-state index >= 15 is 0 Å². The SMILES string of the molecule is CC[C@@H](NC[C@@H](C)O)C(C)C. The van der Waals surface area contributed by atoms with Gasteiger partial charge in [-0.1, -0.05) is 20.8 Å². The molecule has 0 fully saturated rings. The molecular formula is C9H21NO. The van der Waals surface area contributed by atoms with Crippen molar-refractivity contribution in [1.29, 1.82) is 0 Å². The molecule has 0 bridgehead atoms. The lowest BCUT2D eigenvalue weighted by Crippen LogP contribution is -2.37. The van der Waals surface area contributed by atoms with E-state index in [-0.39, 0.29) is 6.10 Å². The van der Waals surface area contributed by atoms with Gasteiger partial charge in [-0.2, -0.15) is 0 Å². The first-order chi connectivity index (χ1) is 5.07. The van der Waals surface area contributed by atoms with Gasteiger partial charge < -0.3 is 10.4 Å². The monoisotopic (exact) mass is 159 g/mol. The molecule has 0 unspecified atom stereocenters. The van der Waals surface area contributed by atoms with Gasteiger partial charge in [0.05, 0.1) is 6.10 Å². The van der Waals surface area contributed by atoms with E-state index in [0.29, 0.717) is 18.5 Å². The van der Waals surface area contributed by atoms with E-state index in [1.165, 1.54) is 0 Å². The summed E-state index contributed by atoms with van der Waals surface area (Å²) in [6.45, 7) is 9.07. The number of hydrogen-bond acceptors (Lipinski definition) is 2. The van der Waals surface area contributed by atoms with Crippen LogP contribution in [0.1, 0.15) is 34.1 Å². The number of aliphatic hydroxyl groups is 1. The second-order valence-corrected chi connectivity index (χ2v) is 3.52. The molecular weight excluding hydrogens is 138 g/mol. The van der Waals surface area contributed by atoms with E-state index < -0.39 is 0 Å². The van der Waals surface area contributed by atoms with Crippen LogP contribution in [-0.4, -0.2) is 23.8 Å². The second kappa shape index (κ2) is 5.56. The van der Waals surface area contributed by atoms with Crippen molar-refractivity contribution < 1.29 is 5.11 Å². The average molecular weight is 159 g/mol. The fourth-order valence-corrected chi connectivity index (χ4v) is 1.17. The van der Waals surface area contributed by atoms with Crippen molar-refractivity contribution in [1.82, 2.24) is 5.32 Å². The molecule has 0 saturated heterocycles. The quantitative estimate of drug-likeness (QED) is 0.635. The van der Waals surface area contributed by atoms with E-state index in [0.717, 1.165) is 6.42 Å². The zero-order chi connectivity index (χ0) is 8.85. The van der Waals surface area contributed by atoms with Crippen molar-refractivity contribution in [2.75, 3.05) is 6.54 Å². The van der Waals surface area contributed by atoms with Crippen LogP contribution in [0.5, 0.6) is 0 Å². The van der Waals surface area contributed by atoms with Crippen molar-refractivity contribution in [3.63, 3.8) is 0 Å². The second-order valence-electron chi connectivity index (χ2n) is 3.52. The maximum absolute atomic E-state index is 9.02. The van der Waals surface area contributed by atoms with Gasteiger partial charge in [0.2, 0.25) is 0 Å². The minimum atomic E-state index is -0.234. The van der Waals surface area contributed by atoms with Gasteiger partial charge in [-0.15, -0.1) is 0 Å². The van der Waals surface area contributed by atoms with Crippen LogP contribution in [-0.2, 0) is 0 Å². The third kappa shape index (κ3) is 5.22. The fraction of sp³-hybridized carbons (Fsp3) is 1.00. The lowest BCUT2D eigenvalue weighted by atomic mass is 10.0. The summed E-state index contributed by atoms with van der Waals surface area (Å²) >= 11 is 0. The summed E-state index contributed by atoms with van der Waals surface area (Å²) in [6.07, 6.45) is 0.896. The van der Waals surface area contributed by atoms with Gasteiger partial charge in [0.1, 0.15) is 0 Å². The first-order valence-electron chi connectivity index (χ1n) is 4.49. The van der Waals surface area contributed by atoms with Gasteiger partial charge >= 0.3 is 0 Å². The molecule has 11 heavy (non-hydrogen) atoms. The predicted molar refractivity (Wildman–Crippen MR) is 48.6 cm³/mol. The van der Waals surface area contributed by atoms with Crippen LogP contribution < -0.4 is 5.32 Å². The maximum Gasteiger partial charge on any atom is 0.0636 e. The van der Waals surface area contributed by atoms with Crippen LogP contribution >= 0.6 is 0 Å². The summed E-state index contributed by atoms with van der Waals surface area (Å²) in [5.41, 5.74) is 0. The van der Waals surface area contributed by atoms with E-state index in [4.69, 9.17) is 5.11 Å². The first-order valence-corrected chi connectivity index (χ1v) is 4.49. The summed E-state index contributed by atoms with van der Waals surface area (Å²) in [6, 6.07) is 0.546. The third-order valence-electron chi connectivity index (χ3n) is 1.92. The van der Waals surface area contributed by atoms with Crippen molar-refractivity contribution >= 4 is 0 Å². The molecule has 0 aromatic carbocycles. The van der Waals surface area contributed by atoms with Gasteiger partial charge in [-0.05, 0) is 19.3 Å². The molecule has 0 aliphatic carbocycles. The van der Waals surface area contributed by atoms with Crippen molar-refractivity contribution in [2.24, 2.45) is 5.92 Å². The van der Waals surface area contributed by atoms with Gasteiger partial charge in [0.15, 0.2) is 0 Å². The Bertz CT molecular complexity index is 91.6. The molecule has 68 valence electrons. The zero-order valence-electron chi connectivity index (χ0n) is 8.09. The molecule has 0 saturated carbocycles. The molecule has 0 heterocycles. The Morgan fingerprint density at radius 3 is 2.09 bits per heavy atom. The number of aliphatic hydroxyl groups excluding tert-OH is 1. The lowest BCUT2D eigenvalue weighted by molar-refractivity contribution is 0.180. The summed E-state index contributed by atoms with van der Waals surface area (Å²) in [4.78, 5) is 0. The number of rotatable bonds is 5. The maximum atomic E-state index is 9.02. The van der Waals surface area contributed by atoms with Crippen LogP contribution in [0.15, 0.2) is 0 Å². The van der Waals surface area contributed by atoms with Gasteiger partial charge in [-0.3, -0.25) is 0 Å². The Kier molecular flexibility index (Phi) is 5.51. The zero-order valence-corrected chi connectivity index (χ0v) is 8.09. The van der Waals surface area contributed by atoms with Gasteiger partial charge in [0, 0.05) is 12.6 Å². The van der Waals surface area contributed by atoms with Crippen molar-refractivity contribution in [3.05, 3.63) is 0 Å². The Labute approximate surface area is 70.0 Å². The van der Waals surface area contributed by atoms with Crippen LogP contribution in [0.4, 0.5) is 0 Å². The lowest BCUT2D eigenvalue weighted by Gasteiger charge is -2.21. The van der Waals surface area contributed by atoms with E-state index in [9.17, 15) is 0 Å². The Morgan fingerprint density at radius 1 is 1.27 bits per heavy atom. The highest BCUT2D eigenvalue weighted by atomic mass is 16.3. The molecule has 0 radical (unpaired) electrons. The molecule has 0 amide bonds. The van der Waals surface area contributed by atoms with Crippen LogP contribution in [0.2, 0.25) is 0 Å². The van der Waals surface area contributed by atoms with E-state index in [1.807, 2.05) is 0 Å². The summed E-state index contributed by atoms with van der Waals surface area (Å²) in [5.74, 6) is 0.652. The van der Waals surface area contributed by atoms with Crippen LogP contribution in [0.3, 0.4) is 0 Å². The fourth-order valence-electron chi connectivity index (χ4n) is 1.17. The molecule has 2 heteroatoms. The summed E-state index contributed by atoms with van der Waals surface area (Å²) in [5, 5.41) is 12.3. The minimum absolute atomic E-state index is 0.234. The van der Waals surface area contributed by atoms with E-state index in [1.54, 1.807) is 6.92 Å². The van der Waals surface area contributed by atoms with Crippen LogP contribution in [0, 0.1) is 5.92 Å². The number of nitrogens with one attached hydrogen (secondary N) is 1. The Hall–Kier alpha value is -0.0800. The van der Waals surface area contributed by atoms with E-state index in [2.05, 4.69) is 26.1 Å². The Balaban J connectivity index is 3.52. The highest BCUT2D eigenvalue weighted by molar-refractivity contribution is 4.69. The molecule has 0 aliphatic heterocycles. The molecule has 0 spiro atoms. The number of hydrogen-bond donors (Lipinski definition) is 2. The standard InChI is InChI=1S/C9H21NO/c1-5-9(7(2)3)10-6-8(4)11/h7-11H,5-6H2,1-4H3/t8-,9-/m1/s1. The normalized spacial score (nSPS) is 16.9.